The first kappa shape index (κ1) is 31.6. The molecule has 0 saturated heterocycles. The number of hydrogen-bond acceptors (Lipinski definition) is 5. The topological polar surface area (TPSA) is 150 Å². The van der Waals surface area contributed by atoms with Crippen molar-refractivity contribution in [1.29, 1.82) is 0 Å². The lowest BCUT2D eigenvalue weighted by Crippen LogP contribution is -2.58. The van der Waals surface area contributed by atoms with Crippen LogP contribution in [0.2, 0.25) is 0 Å². The maximum atomic E-state index is 14.2. The number of benzene rings is 2. The number of hydrogen-bond donors (Lipinski definition) is 5. The number of H-pyrrole nitrogens is 1. The smallest absolute Gasteiger partial charge is 0.408 e. The number of fused-ring (bicyclic) bond motifs is 1. The van der Waals surface area contributed by atoms with Crippen LogP contribution in [0.3, 0.4) is 0 Å². The van der Waals surface area contributed by atoms with Gasteiger partial charge >= 0.3 is 12.1 Å². The van der Waals surface area contributed by atoms with Gasteiger partial charge in [-0.2, -0.15) is 0 Å². The lowest BCUT2D eigenvalue weighted by Gasteiger charge is -2.53. The Bertz CT molecular complexity index is 1570. The van der Waals surface area contributed by atoms with E-state index in [-0.39, 0.29) is 37.2 Å². The van der Waals surface area contributed by atoms with Gasteiger partial charge in [-0.3, -0.25) is 14.4 Å². The quantitative estimate of drug-likeness (QED) is 0.156. The largest absolute Gasteiger partial charge is 0.481 e. The number of carbonyl (C=O) groups excluding carboxylic acids is 3. The van der Waals surface area contributed by atoms with Crippen LogP contribution in [-0.4, -0.2) is 52.2 Å². The molecule has 5 N–H and O–H groups in total. The van der Waals surface area contributed by atoms with Crippen LogP contribution in [0.5, 0.6) is 0 Å². The Morgan fingerprint density at radius 2 is 1.61 bits per heavy atom. The summed E-state index contributed by atoms with van der Waals surface area (Å²) in [6.45, 7) is 2.13. The zero-order valence-corrected chi connectivity index (χ0v) is 26.3. The Morgan fingerprint density at radius 3 is 2.35 bits per heavy atom. The molecule has 3 amide bonds. The number of aromatic nitrogens is 1. The minimum atomic E-state index is -1.32. The van der Waals surface area contributed by atoms with Crippen molar-refractivity contribution >= 4 is 40.5 Å². The Balaban J connectivity index is 1.15. The molecular formula is C36H44N4O6. The molecule has 244 valence electrons. The number of nitrogens with one attached hydrogen (secondary N) is 4. The predicted octanol–water partition coefficient (Wildman–Crippen LogP) is 5.57. The second-order valence-electron chi connectivity index (χ2n) is 13.8. The van der Waals surface area contributed by atoms with E-state index in [0.717, 1.165) is 59.5 Å². The van der Waals surface area contributed by atoms with Crippen molar-refractivity contribution < 1.29 is 29.0 Å². The van der Waals surface area contributed by atoms with Gasteiger partial charge in [-0.15, -0.1) is 0 Å². The summed E-state index contributed by atoms with van der Waals surface area (Å²) in [4.78, 5) is 53.7. The van der Waals surface area contributed by atoms with Gasteiger partial charge in [-0.05, 0) is 98.8 Å². The Labute approximate surface area is 269 Å². The lowest BCUT2D eigenvalue weighted by atomic mass is 9.55. The number of aliphatic carboxylic acids is 1. The minimum absolute atomic E-state index is 0.0600. The molecule has 10 heteroatoms. The van der Waals surface area contributed by atoms with Gasteiger partial charge in [0.1, 0.15) is 11.6 Å². The first-order valence-corrected chi connectivity index (χ1v) is 16.6. The number of carboxylic acids is 1. The van der Waals surface area contributed by atoms with Crippen molar-refractivity contribution in [3.8, 4) is 0 Å². The highest BCUT2D eigenvalue weighted by atomic mass is 16.6. The van der Waals surface area contributed by atoms with Crippen LogP contribution in [-0.2, 0) is 32.0 Å². The Morgan fingerprint density at radius 1 is 0.913 bits per heavy atom. The number of carboxylic acid groups (broad SMARTS) is 1. The molecule has 10 nitrogen and oxygen atoms in total. The molecule has 0 radical (unpaired) electrons. The fourth-order valence-corrected chi connectivity index (χ4v) is 8.22. The maximum absolute atomic E-state index is 14.2. The number of ether oxygens (including phenoxy) is 1. The second-order valence-corrected chi connectivity index (χ2v) is 13.8. The number of aryl methyl sites for hydroxylation is 1. The summed E-state index contributed by atoms with van der Waals surface area (Å²) in [5, 5.41) is 18.6. The Hall–Kier alpha value is -4.34. The van der Waals surface area contributed by atoms with Gasteiger partial charge in [0.15, 0.2) is 0 Å². The fourth-order valence-electron chi connectivity index (χ4n) is 8.22. The van der Waals surface area contributed by atoms with Gasteiger partial charge in [0.2, 0.25) is 11.8 Å². The molecule has 7 rings (SSSR count). The predicted molar refractivity (Wildman–Crippen MR) is 174 cm³/mol. The van der Waals surface area contributed by atoms with E-state index < -0.39 is 17.6 Å². The van der Waals surface area contributed by atoms with E-state index in [1.807, 2.05) is 54.7 Å². The molecule has 4 aliphatic carbocycles. The van der Waals surface area contributed by atoms with E-state index in [0.29, 0.717) is 36.9 Å². The van der Waals surface area contributed by atoms with Crippen LogP contribution < -0.4 is 16.0 Å². The van der Waals surface area contributed by atoms with Crippen molar-refractivity contribution in [2.24, 2.45) is 23.7 Å². The Kier molecular flexibility index (Phi) is 9.33. The van der Waals surface area contributed by atoms with Gasteiger partial charge in [-0.25, -0.2) is 4.79 Å². The highest BCUT2D eigenvalue weighted by Crippen LogP contribution is 2.54. The van der Waals surface area contributed by atoms with Gasteiger partial charge in [0.25, 0.3) is 0 Å². The van der Waals surface area contributed by atoms with Crippen LogP contribution in [0, 0.1) is 23.7 Å². The average molecular weight is 629 g/mol. The highest BCUT2D eigenvalue weighted by Gasteiger charge is 2.50. The normalized spacial score (nSPS) is 24.2. The van der Waals surface area contributed by atoms with Crippen molar-refractivity contribution in [2.45, 2.75) is 82.8 Å². The number of rotatable bonds is 13. The summed E-state index contributed by atoms with van der Waals surface area (Å²) in [5.74, 6) is 0.673. The molecule has 46 heavy (non-hydrogen) atoms. The van der Waals surface area contributed by atoms with Crippen LogP contribution in [0.15, 0.2) is 54.7 Å². The molecule has 3 aromatic rings. The summed E-state index contributed by atoms with van der Waals surface area (Å²) >= 11 is 0. The van der Waals surface area contributed by atoms with Crippen molar-refractivity contribution in [3.05, 3.63) is 65.9 Å². The summed E-state index contributed by atoms with van der Waals surface area (Å²) in [7, 11) is 0. The number of carbonyl (C=O) groups is 4. The van der Waals surface area contributed by atoms with Gasteiger partial charge in [0, 0.05) is 42.2 Å². The fraction of sp³-hybridized carbons (Fsp3) is 0.500. The summed E-state index contributed by atoms with van der Waals surface area (Å²) in [6.07, 6.45) is 8.23. The van der Waals surface area contributed by atoms with Crippen LogP contribution in [0.25, 0.3) is 10.9 Å². The van der Waals surface area contributed by atoms with E-state index in [9.17, 15) is 19.2 Å². The summed E-state index contributed by atoms with van der Waals surface area (Å²) in [6, 6.07) is 15.4. The molecular weight excluding hydrogens is 584 g/mol. The molecule has 4 fully saturated rings. The van der Waals surface area contributed by atoms with E-state index in [1.165, 1.54) is 6.42 Å². The number of aromatic amines is 1. The molecule has 1 heterocycles. The molecule has 1 aromatic heterocycles. The third-order valence-corrected chi connectivity index (χ3v) is 10.3. The number of anilines is 1. The van der Waals surface area contributed by atoms with Crippen LogP contribution in [0.4, 0.5) is 10.5 Å². The number of para-hydroxylation sites is 2. The lowest BCUT2D eigenvalue weighted by molar-refractivity contribution is -0.138. The molecule has 2 aromatic carbocycles. The first-order chi connectivity index (χ1) is 22.2. The zero-order chi connectivity index (χ0) is 32.3. The highest BCUT2D eigenvalue weighted by molar-refractivity contribution is 6.01. The van der Waals surface area contributed by atoms with E-state index in [2.05, 4.69) is 20.9 Å². The molecule has 4 bridgehead atoms. The van der Waals surface area contributed by atoms with E-state index in [1.54, 1.807) is 6.92 Å². The number of alkyl carbamates (subject to hydrolysis) is 1. The van der Waals surface area contributed by atoms with Crippen molar-refractivity contribution in [2.75, 3.05) is 11.9 Å². The molecule has 1 atom stereocenters. The van der Waals surface area contributed by atoms with Crippen molar-refractivity contribution in [3.63, 3.8) is 0 Å². The SMILES string of the molecule is CC(Cc1c[nH]c2ccccc12)(NC(=O)OC1C2CC3CC(C2)CC1C3)C(=O)Nc1ccccc1CCCNC(=O)CCC(=O)O. The second kappa shape index (κ2) is 13.6. The third kappa shape index (κ3) is 7.21. The first-order valence-electron chi connectivity index (χ1n) is 16.6. The molecule has 1 unspecified atom stereocenters. The molecule has 4 saturated carbocycles. The standard InChI is InChI=1S/C36H44N4O6/c1-36(20-27-21-38-30-11-5-3-9-28(27)30,40-35(45)46-33-25-16-22-15-23(18-25)19-26(33)17-22)34(44)39-29-10-4-2-7-24(29)8-6-14-37-31(41)12-13-32(42)43/h2-5,7,9-11,21-23,25-26,33,38H,6,8,12-20H2,1H3,(H,37,41)(H,39,44)(H,40,45)(H,42,43). The molecule has 4 aliphatic rings. The zero-order valence-electron chi connectivity index (χ0n) is 26.3. The van der Waals surface area contributed by atoms with Crippen molar-refractivity contribution in [1.82, 2.24) is 15.6 Å². The number of amides is 3. The monoisotopic (exact) mass is 628 g/mol. The summed E-state index contributed by atoms with van der Waals surface area (Å²) < 4.78 is 6.16. The summed E-state index contributed by atoms with van der Waals surface area (Å²) in [5.41, 5.74) is 2.07. The van der Waals surface area contributed by atoms with Crippen LogP contribution >= 0.6 is 0 Å². The van der Waals surface area contributed by atoms with Gasteiger partial charge in [-0.1, -0.05) is 36.4 Å². The van der Waals surface area contributed by atoms with E-state index >= 15 is 0 Å². The van der Waals surface area contributed by atoms with Crippen LogP contribution in [0.1, 0.15) is 69.4 Å². The minimum Gasteiger partial charge on any atom is -0.481 e. The van der Waals surface area contributed by atoms with E-state index in [4.69, 9.17) is 9.84 Å². The molecule has 0 aliphatic heterocycles. The third-order valence-electron chi connectivity index (χ3n) is 10.3. The maximum Gasteiger partial charge on any atom is 0.408 e. The average Bonchev–Trinajstić information content (AvgIpc) is 3.42. The van der Waals surface area contributed by atoms with Gasteiger partial charge < -0.3 is 30.8 Å². The van der Waals surface area contributed by atoms with Gasteiger partial charge in [0.05, 0.1) is 6.42 Å². The molecule has 0 spiro atoms.